The first-order valence-electron chi connectivity index (χ1n) is 6.20. The van der Waals surface area contributed by atoms with Crippen LogP contribution in [0.4, 0.5) is 14.9 Å². The number of hydrogen-bond acceptors (Lipinski definition) is 2. The lowest BCUT2D eigenvalue weighted by atomic mass is 10.0. The molecule has 2 amide bonds. The predicted octanol–water partition coefficient (Wildman–Crippen LogP) is 2.09. The van der Waals surface area contributed by atoms with E-state index in [9.17, 15) is 9.18 Å². The van der Waals surface area contributed by atoms with Crippen molar-refractivity contribution < 1.29 is 9.18 Å². The van der Waals surface area contributed by atoms with Crippen LogP contribution in [0.1, 0.15) is 19.8 Å². The minimum atomic E-state index is -0.428. The highest BCUT2D eigenvalue weighted by Gasteiger charge is 2.19. The van der Waals surface area contributed by atoms with E-state index in [0.717, 1.165) is 19.4 Å². The van der Waals surface area contributed by atoms with E-state index in [1.165, 1.54) is 12.1 Å². The normalized spacial score (nSPS) is 23.4. The van der Waals surface area contributed by atoms with Crippen LogP contribution in [0.5, 0.6) is 0 Å². The van der Waals surface area contributed by atoms with Crippen molar-refractivity contribution >= 4 is 11.7 Å². The van der Waals surface area contributed by atoms with Crippen LogP contribution in [0, 0.1) is 5.82 Å². The number of nitrogens with one attached hydrogen (secondary N) is 3. The number of urea groups is 1. The zero-order valence-corrected chi connectivity index (χ0v) is 10.4. The topological polar surface area (TPSA) is 53.2 Å². The number of benzene rings is 1. The average Bonchev–Trinajstić information content (AvgIpc) is 2.35. The second-order valence-electron chi connectivity index (χ2n) is 4.66. The van der Waals surface area contributed by atoms with Crippen LogP contribution >= 0.6 is 0 Å². The van der Waals surface area contributed by atoms with Crippen molar-refractivity contribution in [2.45, 2.75) is 31.8 Å². The van der Waals surface area contributed by atoms with Crippen molar-refractivity contribution in [2.75, 3.05) is 11.9 Å². The Labute approximate surface area is 106 Å². The van der Waals surface area contributed by atoms with Crippen LogP contribution in [-0.2, 0) is 0 Å². The minimum absolute atomic E-state index is 0.105. The van der Waals surface area contributed by atoms with E-state index in [1.807, 2.05) is 0 Å². The first-order valence-corrected chi connectivity index (χ1v) is 6.20. The Balaban J connectivity index is 1.84. The number of amides is 2. The molecular weight excluding hydrogens is 233 g/mol. The van der Waals surface area contributed by atoms with E-state index >= 15 is 0 Å². The number of hydrogen-bond donors (Lipinski definition) is 3. The summed E-state index contributed by atoms with van der Waals surface area (Å²) in [5, 5.41) is 8.65. The van der Waals surface area contributed by atoms with Gasteiger partial charge < -0.3 is 16.0 Å². The Morgan fingerprint density at radius 2 is 2.17 bits per heavy atom. The van der Waals surface area contributed by atoms with E-state index in [4.69, 9.17) is 0 Å². The van der Waals surface area contributed by atoms with Crippen molar-refractivity contribution in [3.05, 3.63) is 30.1 Å². The number of anilines is 1. The van der Waals surface area contributed by atoms with Crippen molar-refractivity contribution in [3.63, 3.8) is 0 Å². The van der Waals surface area contributed by atoms with Gasteiger partial charge in [0, 0.05) is 18.6 Å². The smallest absolute Gasteiger partial charge is 0.319 e. The Morgan fingerprint density at radius 3 is 2.83 bits per heavy atom. The summed E-state index contributed by atoms with van der Waals surface area (Å²) >= 11 is 0. The minimum Gasteiger partial charge on any atom is -0.334 e. The third-order valence-electron chi connectivity index (χ3n) is 3.12. The monoisotopic (exact) mass is 251 g/mol. The molecule has 4 nitrogen and oxygen atoms in total. The van der Waals surface area contributed by atoms with Crippen LogP contribution < -0.4 is 16.0 Å². The molecule has 1 saturated heterocycles. The summed E-state index contributed by atoms with van der Waals surface area (Å²) in [4.78, 5) is 11.7. The second kappa shape index (κ2) is 5.82. The Kier molecular flexibility index (Phi) is 4.15. The molecule has 2 unspecified atom stereocenters. The van der Waals surface area contributed by atoms with E-state index in [2.05, 4.69) is 22.9 Å². The summed E-state index contributed by atoms with van der Waals surface area (Å²) in [6.45, 7) is 2.88. The summed E-state index contributed by atoms with van der Waals surface area (Å²) in [5.74, 6) is -0.428. The summed E-state index contributed by atoms with van der Waals surface area (Å²) in [6, 6.07) is 6.37. The third kappa shape index (κ3) is 3.43. The Hall–Kier alpha value is -1.62. The van der Waals surface area contributed by atoms with E-state index in [1.54, 1.807) is 12.1 Å². The Bertz CT molecular complexity index is 416. The summed E-state index contributed by atoms with van der Waals surface area (Å²) in [5.41, 5.74) is 0.201. The maximum atomic E-state index is 13.3. The number of carbonyl (C=O) groups excluding carboxylic acids is 1. The number of carbonyl (C=O) groups is 1. The molecule has 1 aromatic carbocycles. The van der Waals surface area contributed by atoms with Crippen molar-refractivity contribution in [2.24, 2.45) is 0 Å². The fourth-order valence-electron chi connectivity index (χ4n) is 2.03. The lowest BCUT2D eigenvalue weighted by Crippen LogP contribution is -2.49. The SMILES string of the molecule is CC1CCC(NC(=O)Nc2ccccc2F)CN1. The molecule has 0 saturated carbocycles. The molecular formula is C13H18FN3O. The lowest BCUT2D eigenvalue weighted by molar-refractivity contribution is 0.243. The first kappa shape index (κ1) is 12.8. The average molecular weight is 251 g/mol. The van der Waals surface area contributed by atoms with Gasteiger partial charge >= 0.3 is 6.03 Å². The molecule has 0 aliphatic carbocycles. The van der Waals surface area contributed by atoms with Gasteiger partial charge in [0.25, 0.3) is 0 Å². The van der Waals surface area contributed by atoms with Crippen molar-refractivity contribution in [1.29, 1.82) is 0 Å². The van der Waals surface area contributed by atoms with Gasteiger partial charge in [0.2, 0.25) is 0 Å². The molecule has 0 radical (unpaired) electrons. The van der Waals surface area contributed by atoms with Crippen LogP contribution in [0.2, 0.25) is 0 Å². The maximum Gasteiger partial charge on any atom is 0.319 e. The van der Waals surface area contributed by atoms with Gasteiger partial charge in [0.05, 0.1) is 5.69 Å². The van der Waals surface area contributed by atoms with Crippen molar-refractivity contribution in [1.82, 2.24) is 10.6 Å². The van der Waals surface area contributed by atoms with E-state index < -0.39 is 5.82 Å². The van der Waals surface area contributed by atoms with Gasteiger partial charge in [-0.05, 0) is 31.9 Å². The molecule has 2 rings (SSSR count). The number of piperidine rings is 1. The molecule has 1 aliphatic rings. The molecule has 5 heteroatoms. The molecule has 18 heavy (non-hydrogen) atoms. The van der Waals surface area contributed by atoms with Gasteiger partial charge in [-0.15, -0.1) is 0 Å². The van der Waals surface area contributed by atoms with E-state index in [-0.39, 0.29) is 17.8 Å². The van der Waals surface area contributed by atoms with Gasteiger partial charge in [-0.25, -0.2) is 9.18 Å². The van der Waals surface area contributed by atoms with Gasteiger partial charge in [-0.2, -0.15) is 0 Å². The number of rotatable bonds is 2. The number of halogens is 1. The summed E-state index contributed by atoms with van der Waals surface area (Å²) in [7, 11) is 0. The summed E-state index contributed by atoms with van der Waals surface area (Å²) in [6.07, 6.45) is 1.98. The van der Waals surface area contributed by atoms with Gasteiger partial charge in [-0.1, -0.05) is 12.1 Å². The molecule has 98 valence electrons. The molecule has 0 aromatic heterocycles. The fourth-order valence-corrected chi connectivity index (χ4v) is 2.03. The van der Waals surface area contributed by atoms with Gasteiger partial charge in [0.15, 0.2) is 0 Å². The highest BCUT2D eigenvalue weighted by atomic mass is 19.1. The largest absolute Gasteiger partial charge is 0.334 e. The first-order chi connectivity index (χ1) is 8.65. The molecule has 0 spiro atoms. The fraction of sp³-hybridized carbons (Fsp3) is 0.462. The van der Waals surface area contributed by atoms with Crippen LogP contribution in [0.25, 0.3) is 0 Å². The maximum absolute atomic E-state index is 13.3. The molecule has 1 aliphatic heterocycles. The van der Waals surface area contributed by atoms with E-state index in [0.29, 0.717) is 6.04 Å². The molecule has 2 atom stereocenters. The molecule has 1 heterocycles. The Morgan fingerprint density at radius 1 is 1.39 bits per heavy atom. The third-order valence-corrected chi connectivity index (χ3v) is 3.12. The van der Waals surface area contributed by atoms with Crippen molar-refractivity contribution in [3.8, 4) is 0 Å². The zero-order chi connectivity index (χ0) is 13.0. The summed E-state index contributed by atoms with van der Waals surface area (Å²) < 4.78 is 13.3. The highest BCUT2D eigenvalue weighted by Crippen LogP contribution is 2.12. The zero-order valence-electron chi connectivity index (χ0n) is 10.4. The molecule has 1 fully saturated rings. The quantitative estimate of drug-likeness (QED) is 0.754. The molecule has 1 aromatic rings. The van der Waals surface area contributed by atoms with Gasteiger partial charge in [-0.3, -0.25) is 0 Å². The highest BCUT2D eigenvalue weighted by molar-refractivity contribution is 5.89. The predicted molar refractivity (Wildman–Crippen MR) is 69.0 cm³/mol. The molecule has 3 N–H and O–H groups in total. The molecule has 0 bridgehead atoms. The van der Waals surface area contributed by atoms with Crippen LogP contribution in [0.3, 0.4) is 0 Å². The van der Waals surface area contributed by atoms with Crippen LogP contribution in [-0.4, -0.2) is 24.7 Å². The standard InChI is InChI=1S/C13H18FN3O/c1-9-6-7-10(8-15-9)16-13(18)17-12-5-3-2-4-11(12)14/h2-5,9-10,15H,6-8H2,1H3,(H2,16,17,18). The van der Waals surface area contributed by atoms with Gasteiger partial charge in [0.1, 0.15) is 5.82 Å². The second-order valence-corrected chi connectivity index (χ2v) is 4.66. The lowest BCUT2D eigenvalue weighted by Gasteiger charge is -2.28. The number of para-hydroxylation sites is 1. The van der Waals surface area contributed by atoms with Crippen LogP contribution in [0.15, 0.2) is 24.3 Å².